The normalized spacial score (nSPS) is 14.1. The Morgan fingerprint density at radius 2 is 0.895 bits per heavy atom. The second-order valence-corrected chi connectivity index (χ2v) is 19.5. The molecule has 0 aliphatic carbocycles. The number of ether oxygens (including phenoxy) is 2. The molecule has 0 saturated heterocycles. The van der Waals surface area contributed by atoms with Crippen molar-refractivity contribution in [3.8, 4) is 0 Å². The molecule has 2 N–H and O–H groups in total. The number of quaternary nitrogens is 1. The van der Waals surface area contributed by atoms with Crippen molar-refractivity contribution in [2.75, 3.05) is 33.9 Å². The van der Waals surface area contributed by atoms with Crippen LogP contribution >= 0.6 is 7.60 Å². The van der Waals surface area contributed by atoms with Crippen LogP contribution in [0.2, 0.25) is 0 Å². The molecule has 0 fully saturated rings. The number of carbonyl (C=O) groups is 2. The molecule has 0 bridgehead atoms. The highest BCUT2D eigenvalue weighted by Gasteiger charge is 2.35. The van der Waals surface area contributed by atoms with Crippen LogP contribution in [0.1, 0.15) is 233 Å². The predicted octanol–water partition coefficient (Wildman–Crippen LogP) is 11.7. The van der Waals surface area contributed by atoms with Gasteiger partial charge in [0.2, 0.25) is 0 Å². The highest BCUT2D eigenvalue weighted by Crippen LogP contribution is 2.46. The molecule has 0 spiro atoms. The largest absolute Gasteiger partial charge is 0.774 e. The van der Waals surface area contributed by atoms with Gasteiger partial charge in [-0.1, -0.05) is 194 Å². The van der Waals surface area contributed by atoms with Gasteiger partial charge in [-0.2, -0.15) is 0 Å². The number of carbonyl (C=O) groups excluding carboxylic acids is 2. The van der Waals surface area contributed by atoms with Crippen molar-refractivity contribution in [3.63, 3.8) is 0 Å². The highest BCUT2D eigenvalue weighted by molar-refractivity contribution is 7.51. The third-order valence-electron chi connectivity index (χ3n) is 11.6. The molecule has 0 aliphatic rings. The maximum Gasteiger partial charge on any atom is 0.306 e. The fourth-order valence-corrected chi connectivity index (χ4v) is 8.68. The van der Waals surface area contributed by atoms with Crippen LogP contribution in [0.5, 0.6) is 0 Å². The first-order valence-electron chi connectivity index (χ1n) is 23.8. The van der Waals surface area contributed by atoms with Crippen molar-refractivity contribution in [2.45, 2.75) is 251 Å². The molecule has 340 valence electrons. The lowest BCUT2D eigenvalue weighted by molar-refractivity contribution is -0.902. The minimum atomic E-state index is -4.48. The van der Waals surface area contributed by atoms with Crippen molar-refractivity contribution in [2.24, 2.45) is 0 Å². The number of nitrogens with zero attached hydrogens (tertiary/aromatic N) is 1. The van der Waals surface area contributed by atoms with Gasteiger partial charge in [-0.3, -0.25) is 9.59 Å². The Labute approximate surface area is 351 Å². The van der Waals surface area contributed by atoms with Crippen LogP contribution in [-0.2, 0) is 28.2 Å². The Balaban J connectivity index is 4.56. The molecule has 0 aromatic heterocycles. The van der Waals surface area contributed by atoms with E-state index in [1.54, 1.807) is 14.1 Å². The smallest absolute Gasteiger partial charge is 0.306 e. The minimum Gasteiger partial charge on any atom is -0.774 e. The Kier molecular flexibility index (Phi) is 37.2. The lowest BCUT2D eigenvalue weighted by atomic mass is 10.0. The Morgan fingerprint density at radius 3 is 1.25 bits per heavy atom. The average Bonchev–Trinajstić information content (AvgIpc) is 3.17. The van der Waals surface area contributed by atoms with Crippen molar-refractivity contribution in [1.82, 2.24) is 0 Å². The van der Waals surface area contributed by atoms with Crippen LogP contribution < -0.4 is 4.89 Å². The highest BCUT2D eigenvalue weighted by atomic mass is 31.2. The molecule has 0 aromatic rings. The molecule has 57 heavy (non-hydrogen) atoms. The summed E-state index contributed by atoms with van der Waals surface area (Å²) in [6.45, 7) is 5.49. The van der Waals surface area contributed by atoms with E-state index in [-0.39, 0.29) is 36.9 Å². The molecule has 0 aliphatic heterocycles. The number of esters is 2. The van der Waals surface area contributed by atoms with E-state index in [1.165, 1.54) is 155 Å². The predicted molar refractivity (Wildman–Crippen MR) is 233 cm³/mol. The summed E-state index contributed by atoms with van der Waals surface area (Å²) in [7, 11) is -1.13. The summed E-state index contributed by atoms with van der Waals surface area (Å²) < 4.78 is 29.6. The zero-order valence-corrected chi connectivity index (χ0v) is 38.7. The topological polar surface area (TPSA) is 142 Å². The van der Waals surface area contributed by atoms with Gasteiger partial charge in [0.25, 0.3) is 0 Å². The Hall–Kier alpha value is -1.03. The lowest BCUT2D eigenvalue weighted by Crippen LogP contribution is -2.50. The van der Waals surface area contributed by atoms with Crippen LogP contribution in [0.15, 0.2) is 0 Å². The van der Waals surface area contributed by atoms with Crippen molar-refractivity contribution < 1.29 is 47.7 Å². The molecular formula is C46H92NO9P. The van der Waals surface area contributed by atoms with Crippen molar-refractivity contribution in [1.29, 1.82) is 0 Å². The molecule has 0 aromatic carbocycles. The molecule has 0 saturated carbocycles. The summed E-state index contributed by atoms with van der Waals surface area (Å²) >= 11 is 0. The van der Waals surface area contributed by atoms with Gasteiger partial charge in [0.1, 0.15) is 12.4 Å². The van der Waals surface area contributed by atoms with Gasteiger partial charge in [0.15, 0.2) is 20.0 Å². The summed E-state index contributed by atoms with van der Waals surface area (Å²) in [6, 6.07) is 0. The van der Waals surface area contributed by atoms with E-state index in [0.29, 0.717) is 6.42 Å². The quantitative estimate of drug-likeness (QED) is 0.0202. The number of unbranched alkanes of at least 4 members (excludes halogenated alkanes) is 28. The summed E-state index contributed by atoms with van der Waals surface area (Å²) in [5, 5.41) is 18.6. The molecule has 0 heterocycles. The molecule has 0 amide bonds. The zero-order valence-electron chi connectivity index (χ0n) is 37.8. The molecule has 10 nitrogen and oxygen atoms in total. The van der Waals surface area contributed by atoms with Gasteiger partial charge in [0, 0.05) is 19.3 Å². The minimum absolute atomic E-state index is 0.00615. The van der Waals surface area contributed by atoms with Gasteiger partial charge in [-0.15, -0.1) is 0 Å². The molecule has 0 rings (SSSR count). The summed E-state index contributed by atoms with van der Waals surface area (Å²) in [6.07, 6.45) is 34.9. The summed E-state index contributed by atoms with van der Waals surface area (Å²) in [4.78, 5) is 38.6. The first-order chi connectivity index (χ1) is 27.4. The first kappa shape index (κ1) is 56.0. The third kappa shape index (κ3) is 35.4. The Morgan fingerprint density at radius 1 is 0.561 bits per heavy atom. The summed E-state index contributed by atoms with van der Waals surface area (Å²) in [5.41, 5.74) is 0. The van der Waals surface area contributed by atoms with Gasteiger partial charge < -0.3 is 38.2 Å². The van der Waals surface area contributed by atoms with Crippen LogP contribution in [-0.4, -0.2) is 78.7 Å². The molecule has 2 unspecified atom stereocenters. The molecular weight excluding hydrogens is 741 g/mol. The molecule has 11 heteroatoms. The number of hydrogen-bond acceptors (Lipinski definition) is 9. The second kappa shape index (κ2) is 37.9. The van der Waals surface area contributed by atoms with E-state index in [0.717, 1.165) is 38.5 Å². The fourth-order valence-electron chi connectivity index (χ4n) is 7.21. The second-order valence-electron chi connectivity index (χ2n) is 17.4. The van der Waals surface area contributed by atoms with E-state index < -0.39 is 44.3 Å². The number of aliphatic hydroxyl groups is 2. The third-order valence-corrected chi connectivity index (χ3v) is 13.6. The van der Waals surface area contributed by atoms with Gasteiger partial charge in [-0.05, 0) is 19.8 Å². The molecule has 3 atom stereocenters. The lowest BCUT2D eigenvalue weighted by Gasteiger charge is -2.42. The average molecular weight is 834 g/mol. The van der Waals surface area contributed by atoms with Crippen molar-refractivity contribution >= 4 is 19.5 Å². The first-order valence-corrected chi connectivity index (χ1v) is 25.5. The van der Waals surface area contributed by atoms with E-state index >= 15 is 0 Å². The van der Waals surface area contributed by atoms with E-state index in [1.807, 2.05) is 0 Å². The van der Waals surface area contributed by atoms with Crippen LogP contribution in [0.4, 0.5) is 0 Å². The maximum absolute atomic E-state index is 13.2. The van der Waals surface area contributed by atoms with E-state index in [4.69, 9.17) is 14.0 Å². The zero-order chi connectivity index (χ0) is 42.5. The van der Waals surface area contributed by atoms with E-state index in [9.17, 15) is 29.3 Å². The van der Waals surface area contributed by atoms with Gasteiger partial charge in [-0.25, -0.2) is 0 Å². The van der Waals surface area contributed by atoms with Crippen LogP contribution in [0.25, 0.3) is 0 Å². The monoisotopic (exact) mass is 834 g/mol. The SMILES string of the molecule is CCCCCCCCCCCCCCCCCC(=O)OC[C@H](COP(=O)([O-])C(C)[N+](C)(C)CCC(O)O)OC(=O)CCCCCCCCCCCCCCCCC. The maximum atomic E-state index is 13.2. The number of rotatable bonds is 43. The van der Waals surface area contributed by atoms with Gasteiger partial charge in [0.05, 0.1) is 27.2 Å². The van der Waals surface area contributed by atoms with Gasteiger partial charge >= 0.3 is 11.9 Å². The number of hydrogen-bond donors (Lipinski definition) is 2. The van der Waals surface area contributed by atoms with Crippen LogP contribution in [0.3, 0.4) is 0 Å². The number of aliphatic hydroxyl groups excluding tert-OH is 1. The Bertz CT molecular complexity index is 980. The summed E-state index contributed by atoms with van der Waals surface area (Å²) in [5.74, 6) is -1.86. The fraction of sp³-hybridized carbons (Fsp3) is 0.957. The van der Waals surface area contributed by atoms with Crippen LogP contribution in [0, 0.1) is 0 Å². The molecule has 0 radical (unpaired) electrons. The standard InChI is InChI=1S/C46H92NO9P/c1-6-8-10-12-14-16-18-20-22-24-26-28-30-32-34-36-45(50)54-40-43(41-55-57(52,53)42(3)47(4,5)39-38-44(48)49)56-46(51)37-35-33-31-29-27-25-23-21-19-17-15-13-11-9-7-2/h42-44,48-49H,6-41H2,1-5H3/t42?,43-/m1/s1. The van der Waals surface area contributed by atoms with E-state index in [2.05, 4.69) is 13.8 Å². The van der Waals surface area contributed by atoms with Crippen molar-refractivity contribution in [3.05, 3.63) is 0 Å².